The number of ether oxygens (including phenoxy) is 1. The second-order valence-corrected chi connectivity index (χ2v) is 2.97. The van der Waals surface area contributed by atoms with E-state index in [1.54, 1.807) is 12.2 Å². The van der Waals surface area contributed by atoms with E-state index in [0.717, 1.165) is 0 Å². The number of fused-ring (bicyclic) bond motifs is 1. The first-order valence-corrected chi connectivity index (χ1v) is 3.76. The summed E-state index contributed by atoms with van der Waals surface area (Å²) >= 11 is 0. The molecule has 2 rings (SSSR count). The number of hydrogen-bond donors (Lipinski definition) is 0. The molecule has 3 nitrogen and oxygen atoms in total. The van der Waals surface area contributed by atoms with Crippen LogP contribution in [0.15, 0.2) is 12.2 Å². The maximum atomic E-state index is 13.1. The van der Waals surface area contributed by atoms with Crippen molar-refractivity contribution in [3.8, 4) is 0 Å². The first kappa shape index (κ1) is 7.46. The molecule has 3 unspecified atom stereocenters. The summed E-state index contributed by atoms with van der Waals surface area (Å²) in [6.45, 7) is 0. The van der Waals surface area contributed by atoms with Crippen molar-refractivity contribution >= 4 is 11.9 Å². The Labute approximate surface area is 68.2 Å². The zero-order valence-electron chi connectivity index (χ0n) is 6.20. The van der Waals surface area contributed by atoms with Crippen LogP contribution in [0, 0.1) is 11.8 Å². The van der Waals surface area contributed by atoms with Crippen LogP contribution in [0.25, 0.3) is 0 Å². The number of rotatable bonds is 0. The van der Waals surface area contributed by atoms with Crippen molar-refractivity contribution in [2.24, 2.45) is 11.8 Å². The summed E-state index contributed by atoms with van der Waals surface area (Å²) in [6.07, 6.45) is 2.06. The van der Waals surface area contributed by atoms with Gasteiger partial charge in [0, 0.05) is 0 Å². The molecule has 0 aromatic rings. The fourth-order valence-electron chi connectivity index (χ4n) is 1.60. The van der Waals surface area contributed by atoms with Gasteiger partial charge in [-0.15, -0.1) is 0 Å². The molecular formula is C8H7FO3. The molecule has 1 fully saturated rings. The van der Waals surface area contributed by atoms with E-state index >= 15 is 0 Å². The van der Waals surface area contributed by atoms with Crippen molar-refractivity contribution in [1.82, 2.24) is 0 Å². The van der Waals surface area contributed by atoms with Crippen molar-refractivity contribution in [2.75, 3.05) is 0 Å². The smallest absolute Gasteiger partial charge is 0.321 e. The number of hydrogen-bond acceptors (Lipinski definition) is 3. The van der Waals surface area contributed by atoms with Crippen LogP contribution in [0.5, 0.6) is 0 Å². The molecule has 0 saturated carbocycles. The van der Waals surface area contributed by atoms with Crippen LogP contribution in [0.1, 0.15) is 6.42 Å². The summed E-state index contributed by atoms with van der Waals surface area (Å²) in [5, 5.41) is 0. The third-order valence-electron chi connectivity index (χ3n) is 2.23. The number of carbonyl (C=O) groups is 2. The molecule has 1 saturated heterocycles. The van der Waals surface area contributed by atoms with Crippen LogP contribution in [-0.2, 0) is 14.3 Å². The Balaban J connectivity index is 2.34. The third-order valence-corrected chi connectivity index (χ3v) is 2.23. The van der Waals surface area contributed by atoms with E-state index in [4.69, 9.17) is 0 Å². The molecular weight excluding hydrogens is 163 g/mol. The summed E-state index contributed by atoms with van der Waals surface area (Å²) < 4.78 is 17.4. The largest absolute Gasteiger partial charge is 0.392 e. The molecule has 3 atom stereocenters. The van der Waals surface area contributed by atoms with Crippen LogP contribution in [0.3, 0.4) is 0 Å². The van der Waals surface area contributed by atoms with Crippen LogP contribution in [-0.4, -0.2) is 18.1 Å². The summed E-state index contributed by atoms with van der Waals surface area (Å²) in [4.78, 5) is 21.8. The molecule has 0 aromatic carbocycles. The lowest BCUT2D eigenvalue weighted by molar-refractivity contribution is -0.153. The Hall–Kier alpha value is -1.19. The van der Waals surface area contributed by atoms with E-state index in [0.29, 0.717) is 0 Å². The topological polar surface area (TPSA) is 43.4 Å². The van der Waals surface area contributed by atoms with Gasteiger partial charge in [0.1, 0.15) is 12.1 Å². The second kappa shape index (κ2) is 2.40. The summed E-state index contributed by atoms with van der Waals surface area (Å²) in [5.41, 5.74) is 0. The van der Waals surface area contributed by atoms with Gasteiger partial charge >= 0.3 is 11.9 Å². The zero-order valence-corrected chi connectivity index (χ0v) is 6.20. The summed E-state index contributed by atoms with van der Waals surface area (Å²) in [5.74, 6) is -2.91. The number of alkyl halides is 1. The highest BCUT2D eigenvalue weighted by Gasteiger charge is 2.48. The zero-order chi connectivity index (χ0) is 8.72. The van der Waals surface area contributed by atoms with Crippen molar-refractivity contribution < 1.29 is 18.7 Å². The van der Waals surface area contributed by atoms with Gasteiger partial charge in [-0.1, -0.05) is 12.2 Å². The molecule has 0 aromatic heterocycles. The molecule has 1 heterocycles. The van der Waals surface area contributed by atoms with Gasteiger partial charge < -0.3 is 4.74 Å². The Kier molecular flexibility index (Phi) is 1.49. The monoisotopic (exact) mass is 170 g/mol. The molecule has 1 aliphatic carbocycles. The van der Waals surface area contributed by atoms with Gasteiger partial charge in [-0.2, -0.15) is 0 Å². The molecule has 1 aliphatic heterocycles. The van der Waals surface area contributed by atoms with Gasteiger partial charge in [0.25, 0.3) is 0 Å². The lowest BCUT2D eigenvalue weighted by Crippen LogP contribution is -2.28. The van der Waals surface area contributed by atoms with Crippen LogP contribution in [0.4, 0.5) is 4.39 Å². The third kappa shape index (κ3) is 0.873. The van der Waals surface area contributed by atoms with E-state index in [1.165, 1.54) is 0 Å². The summed E-state index contributed by atoms with van der Waals surface area (Å²) in [7, 11) is 0. The predicted molar refractivity (Wildman–Crippen MR) is 36.7 cm³/mol. The number of cyclic esters (lactones) is 2. The molecule has 0 spiro atoms. The van der Waals surface area contributed by atoms with E-state index in [1.807, 2.05) is 0 Å². The number of esters is 2. The van der Waals surface area contributed by atoms with Gasteiger partial charge in [0.2, 0.25) is 0 Å². The standard InChI is InChI=1S/C8H7FO3/c9-5-3-1-2-4-6(5)8(11)12-7(4)10/h1-2,4-6H,3H2. The Morgan fingerprint density at radius 1 is 1.42 bits per heavy atom. The van der Waals surface area contributed by atoms with Crippen molar-refractivity contribution in [3.05, 3.63) is 12.2 Å². The maximum absolute atomic E-state index is 13.1. The summed E-state index contributed by atoms with van der Waals surface area (Å²) in [6, 6.07) is 0. The fraction of sp³-hybridized carbons (Fsp3) is 0.500. The molecule has 64 valence electrons. The van der Waals surface area contributed by atoms with Crippen LogP contribution in [0.2, 0.25) is 0 Å². The van der Waals surface area contributed by atoms with E-state index in [-0.39, 0.29) is 6.42 Å². The predicted octanol–water partition coefficient (Wildman–Crippen LogP) is 0.600. The molecule has 0 N–H and O–H groups in total. The molecule has 0 amide bonds. The van der Waals surface area contributed by atoms with Gasteiger partial charge in [-0.05, 0) is 6.42 Å². The van der Waals surface area contributed by atoms with Gasteiger partial charge in [0.15, 0.2) is 0 Å². The Morgan fingerprint density at radius 2 is 2.17 bits per heavy atom. The highest BCUT2D eigenvalue weighted by molar-refractivity contribution is 5.98. The second-order valence-electron chi connectivity index (χ2n) is 2.97. The molecule has 2 aliphatic rings. The normalized spacial score (nSPS) is 39.6. The van der Waals surface area contributed by atoms with Crippen molar-refractivity contribution in [1.29, 1.82) is 0 Å². The lowest BCUT2D eigenvalue weighted by Gasteiger charge is -2.17. The molecule has 0 radical (unpaired) electrons. The van der Waals surface area contributed by atoms with Crippen LogP contribution < -0.4 is 0 Å². The lowest BCUT2D eigenvalue weighted by atomic mass is 9.85. The first-order chi connectivity index (χ1) is 5.70. The first-order valence-electron chi connectivity index (χ1n) is 3.76. The quantitative estimate of drug-likeness (QED) is 0.304. The fourth-order valence-corrected chi connectivity index (χ4v) is 1.60. The highest BCUT2D eigenvalue weighted by atomic mass is 19.1. The molecule has 4 heteroatoms. The minimum Gasteiger partial charge on any atom is -0.392 e. The Morgan fingerprint density at radius 3 is 2.83 bits per heavy atom. The highest BCUT2D eigenvalue weighted by Crippen LogP contribution is 2.34. The van der Waals surface area contributed by atoms with Crippen molar-refractivity contribution in [3.63, 3.8) is 0 Å². The number of allylic oxidation sites excluding steroid dienone is 1. The van der Waals surface area contributed by atoms with E-state index in [2.05, 4.69) is 4.74 Å². The van der Waals surface area contributed by atoms with Gasteiger partial charge in [-0.25, -0.2) is 4.39 Å². The molecule has 0 bridgehead atoms. The van der Waals surface area contributed by atoms with Gasteiger partial charge in [0.05, 0.1) is 5.92 Å². The maximum Gasteiger partial charge on any atom is 0.321 e. The number of carbonyl (C=O) groups excluding carboxylic acids is 2. The minimum atomic E-state index is -1.26. The minimum absolute atomic E-state index is 0.198. The molecule has 12 heavy (non-hydrogen) atoms. The van der Waals surface area contributed by atoms with Crippen molar-refractivity contribution in [2.45, 2.75) is 12.6 Å². The average molecular weight is 170 g/mol. The Bertz CT molecular complexity index is 271. The van der Waals surface area contributed by atoms with Crippen LogP contribution >= 0.6 is 0 Å². The average Bonchev–Trinajstić information content (AvgIpc) is 2.29. The van der Waals surface area contributed by atoms with E-state index in [9.17, 15) is 14.0 Å². The number of halogens is 1. The SMILES string of the molecule is O=C1OC(=O)C2C(F)CC=CC12. The van der Waals surface area contributed by atoms with Gasteiger partial charge in [-0.3, -0.25) is 9.59 Å². The van der Waals surface area contributed by atoms with E-state index < -0.39 is 29.9 Å².